The summed E-state index contributed by atoms with van der Waals surface area (Å²) in [6, 6.07) is 7.76. The van der Waals surface area contributed by atoms with Crippen LogP contribution >= 0.6 is 27.7 Å². The fourth-order valence-corrected chi connectivity index (χ4v) is 2.51. The SMILES string of the molecule is CC#CCSc1nnc(-c2ccccc2Br)n1N. The molecule has 2 N–H and O–H groups in total. The van der Waals surface area contributed by atoms with E-state index in [9.17, 15) is 0 Å². The number of nitrogens with two attached hydrogens (primary N) is 1. The van der Waals surface area contributed by atoms with Crippen LogP contribution in [0.25, 0.3) is 11.4 Å². The number of hydrogen-bond donors (Lipinski definition) is 1. The smallest absolute Gasteiger partial charge is 0.211 e. The van der Waals surface area contributed by atoms with Crippen molar-refractivity contribution in [2.75, 3.05) is 11.6 Å². The zero-order valence-electron chi connectivity index (χ0n) is 9.72. The zero-order chi connectivity index (χ0) is 13.0. The Balaban J connectivity index is 2.30. The van der Waals surface area contributed by atoms with E-state index in [2.05, 4.69) is 38.0 Å². The predicted molar refractivity (Wildman–Crippen MR) is 77.5 cm³/mol. The molecule has 0 spiro atoms. The number of nitrogens with zero attached hydrogens (tertiary/aromatic N) is 3. The molecular weight excluding hydrogens is 312 g/mol. The summed E-state index contributed by atoms with van der Waals surface area (Å²) in [5, 5.41) is 8.84. The van der Waals surface area contributed by atoms with Gasteiger partial charge in [-0.2, -0.15) is 0 Å². The van der Waals surface area contributed by atoms with Gasteiger partial charge in [-0.05, 0) is 19.1 Å². The molecule has 0 aliphatic carbocycles. The molecule has 1 heterocycles. The van der Waals surface area contributed by atoms with Crippen LogP contribution in [0.3, 0.4) is 0 Å². The van der Waals surface area contributed by atoms with Crippen LogP contribution in [0.2, 0.25) is 0 Å². The highest BCUT2D eigenvalue weighted by Gasteiger charge is 2.13. The summed E-state index contributed by atoms with van der Waals surface area (Å²) in [7, 11) is 0. The quantitative estimate of drug-likeness (QED) is 0.536. The van der Waals surface area contributed by atoms with Gasteiger partial charge in [-0.3, -0.25) is 0 Å². The molecule has 0 aliphatic heterocycles. The summed E-state index contributed by atoms with van der Waals surface area (Å²) in [4.78, 5) is 0. The molecule has 0 unspecified atom stereocenters. The van der Waals surface area contributed by atoms with E-state index in [0.717, 1.165) is 10.0 Å². The highest BCUT2D eigenvalue weighted by Crippen LogP contribution is 2.27. The standard InChI is InChI=1S/C12H11BrN4S/c1-2-3-8-18-12-16-15-11(17(12)14)9-6-4-5-7-10(9)13/h4-7H,8,14H2,1H3. The summed E-state index contributed by atoms with van der Waals surface area (Å²) in [6.07, 6.45) is 0. The van der Waals surface area contributed by atoms with Gasteiger partial charge in [0, 0.05) is 10.0 Å². The predicted octanol–water partition coefficient (Wildman–Crippen LogP) is 2.54. The Kier molecular flexibility index (Phi) is 4.28. The Morgan fingerprint density at radius 1 is 1.39 bits per heavy atom. The third kappa shape index (κ3) is 2.68. The van der Waals surface area contributed by atoms with E-state index < -0.39 is 0 Å². The van der Waals surface area contributed by atoms with Crippen molar-refractivity contribution < 1.29 is 0 Å². The average Bonchev–Trinajstić information content (AvgIpc) is 2.72. The van der Waals surface area contributed by atoms with Crippen LogP contribution in [0.5, 0.6) is 0 Å². The van der Waals surface area contributed by atoms with Crippen molar-refractivity contribution in [3.05, 3.63) is 28.7 Å². The third-order valence-electron chi connectivity index (χ3n) is 2.23. The molecule has 0 saturated heterocycles. The van der Waals surface area contributed by atoms with Crippen LogP contribution in [-0.2, 0) is 0 Å². The van der Waals surface area contributed by atoms with Gasteiger partial charge in [0.15, 0.2) is 5.82 Å². The molecule has 0 saturated carbocycles. The van der Waals surface area contributed by atoms with E-state index in [-0.39, 0.29) is 0 Å². The first-order valence-corrected chi connectivity index (χ1v) is 6.99. The molecule has 2 aromatic rings. The number of halogens is 1. The van der Waals surface area contributed by atoms with E-state index in [0.29, 0.717) is 16.7 Å². The fraction of sp³-hybridized carbons (Fsp3) is 0.167. The summed E-state index contributed by atoms with van der Waals surface area (Å²) < 4.78 is 2.43. The number of hydrogen-bond acceptors (Lipinski definition) is 4. The van der Waals surface area contributed by atoms with E-state index >= 15 is 0 Å². The molecule has 0 aliphatic rings. The van der Waals surface area contributed by atoms with Gasteiger partial charge < -0.3 is 5.84 Å². The van der Waals surface area contributed by atoms with Crippen LogP contribution in [-0.4, -0.2) is 20.6 Å². The lowest BCUT2D eigenvalue weighted by Crippen LogP contribution is -2.11. The molecule has 2 rings (SSSR count). The third-order valence-corrected chi connectivity index (χ3v) is 3.75. The maximum atomic E-state index is 5.99. The summed E-state index contributed by atoms with van der Waals surface area (Å²) >= 11 is 4.94. The van der Waals surface area contributed by atoms with Crippen molar-refractivity contribution in [2.24, 2.45) is 0 Å². The summed E-state index contributed by atoms with van der Waals surface area (Å²) in [5.74, 6) is 13.1. The lowest BCUT2D eigenvalue weighted by atomic mass is 10.2. The van der Waals surface area contributed by atoms with Crippen LogP contribution in [0.4, 0.5) is 0 Å². The van der Waals surface area contributed by atoms with Gasteiger partial charge >= 0.3 is 0 Å². The molecule has 1 aromatic carbocycles. The fourth-order valence-electron chi connectivity index (χ4n) is 1.37. The maximum Gasteiger partial charge on any atom is 0.211 e. The number of thioether (sulfide) groups is 1. The van der Waals surface area contributed by atoms with E-state index in [4.69, 9.17) is 5.84 Å². The second-order valence-corrected chi connectivity index (χ2v) is 5.17. The van der Waals surface area contributed by atoms with Crippen molar-refractivity contribution in [1.29, 1.82) is 0 Å². The molecule has 92 valence electrons. The summed E-state index contributed by atoms with van der Waals surface area (Å²) in [5.41, 5.74) is 0.918. The lowest BCUT2D eigenvalue weighted by Gasteiger charge is -2.04. The number of nitrogen functional groups attached to an aromatic ring is 1. The maximum absolute atomic E-state index is 5.99. The molecule has 0 fully saturated rings. The van der Waals surface area contributed by atoms with Gasteiger partial charge in [0.25, 0.3) is 0 Å². The van der Waals surface area contributed by atoms with Gasteiger partial charge in [-0.25, -0.2) is 4.68 Å². The number of rotatable bonds is 3. The van der Waals surface area contributed by atoms with Gasteiger partial charge in [0.2, 0.25) is 5.16 Å². The zero-order valence-corrected chi connectivity index (χ0v) is 12.1. The monoisotopic (exact) mass is 322 g/mol. The van der Waals surface area contributed by atoms with E-state index in [1.54, 1.807) is 6.92 Å². The van der Waals surface area contributed by atoms with Crippen molar-refractivity contribution >= 4 is 27.7 Å². The van der Waals surface area contributed by atoms with Gasteiger partial charge in [0.05, 0.1) is 5.75 Å². The average molecular weight is 323 g/mol. The molecule has 18 heavy (non-hydrogen) atoms. The molecular formula is C12H11BrN4S. The van der Waals surface area contributed by atoms with Crippen molar-refractivity contribution in [2.45, 2.75) is 12.1 Å². The minimum Gasteiger partial charge on any atom is -0.335 e. The Morgan fingerprint density at radius 2 is 2.17 bits per heavy atom. The second-order valence-electron chi connectivity index (χ2n) is 3.37. The van der Waals surface area contributed by atoms with E-state index in [1.807, 2.05) is 24.3 Å². The first-order chi connectivity index (χ1) is 8.74. The van der Waals surface area contributed by atoms with Gasteiger partial charge in [0.1, 0.15) is 0 Å². The minimum atomic E-state index is 0.634. The van der Waals surface area contributed by atoms with Crippen molar-refractivity contribution in [3.8, 4) is 23.2 Å². The van der Waals surface area contributed by atoms with Gasteiger partial charge in [-0.1, -0.05) is 45.7 Å². The highest BCUT2D eigenvalue weighted by molar-refractivity contribution is 9.10. The lowest BCUT2D eigenvalue weighted by molar-refractivity contribution is 0.851. The van der Waals surface area contributed by atoms with Crippen LogP contribution in [0.1, 0.15) is 6.92 Å². The Bertz CT molecular complexity index is 612. The molecule has 6 heteroatoms. The minimum absolute atomic E-state index is 0.634. The Labute approximate surface area is 118 Å². The topological polar surface area (TPSA) is 56.7 Å². The van der Waals surface area contributed by atoms with Crippen molar-refractivity contribution in [3.63, 3.8) is 0 Å². The molecule has 4 nitrogen and oxygen atoms in total. The van der Waals surface area contributed by atoms with Gasteiger partial charge in [-0.15, -0.1) is 16.1 Å². The number of benzene rings is 1. The normalized spacial score (nSPS) is 9.89. The Hall–Kier alpha value is -1.45. The molecule has 0 amide bonds. The molecule has 0 bridgehead atoms. The number of aromatic nitrogens is 3. The first kappa shape index (κ1) is 13.0. The Morgan fingerprint density at radius 3 is 2.89 bits per heavy atom. The largest absolute Gasteiger partial charge is 0.335 e. The van der Waals surface area contributed by atoms with Crippen LogP contribution < -0.4 is 5.84 Å². The first-order valence-electron chi connectivity index (χ1n) is 5.22. The second kappa shape index (κ2) is 5.94. The summed E-state index contributed by atoms with van der Waals surface area (Å²) in [6.45, 7) is 1.81. The molecule has 0 atom stereocenters. The molecule has 0 radical (unpaired) electrons. The van der Waals surface area contributed by atoms with Crippen molar-refractivity contribution in [1.82, 2.24) is 14.9 Å². The molecule has 1 aromatic heterocycles. The highest BCUT2D eigenvalue weighted by atomic mass is 79.9. The van der Waals surface area contributed by atoms with Crippen LogP contribution in [0.15, 0.2) is 33.9 Å². The van der Waals surface area contributed by atoms with Crippen LogP contribution in [0, 0.1) is 11.8 Å². The van der Waals surface area contributed by atoms with E-state index in [1.165, 1.54) is 16.4 Å².